The largest absolute Gasteiger partial charge is 0.347 e. The fourth-order valence-electron chi connectivity index (χ4n) is 2.17. The number of amides is 4. The van der Waals surface area contributed by atoms with Crippen LogP contribution in [0.5, 0.6) is 0 Å². The van der Waals surface area contributed by atoms with Crippen LogP contribution in [0.15, 0.2) is 24.3 Å². The van der Waals surface area contributed by atoms with Crippen molar-refractivity contribution in [3.63, 3.8) is 0 Å². The van der Waals surface area contributed by atoms with Crippen molar-refractivity contribution in [2.24, 2.45) is 0 Å². The Morgan fingerprint density at radius 2 is 1.95 bits per heavy atom. The maximum absolute atomic E-state index is 13.9. The first-order valence-electron chi connectivity index (χ1n) is 6.36. The first-order valence-corrected chi connectivity index (χ1v) is 6.36. The topological polar surface area (TPSA) is 69.7 Å². The molecule has 0 aromatic heterocycles. The Balaban J connectivity index is 2.33. The van der Waals surface area contributed by atoms with E-state index in [4.69, 9.17) is 0 Å². The Bertz CT molecular complexity index is 617. The molecule has 4 amide bonds. The third-order valence-electron chi connectivity index (χ3n) is 3.48. The predicted molar refractivity (Wildman–Crippen MR) is 72.7 cm³/mol. The van der Waals surface area contributed by atoms with Gasteiger partial charge in [-0.3, -0.25) is 14.5 Å². The van der Waals surface area contributed by atoms with Gasteiger partial charge in [0.25, 0.3) is 5.91 Å². The molecule has 1 fully saturated rings. The van der Waals surface area contributed by atoms with Gasteiger partial charge in [-0.25, -0.2) is 9.18 Å². The quantitative estimate of drug-likeness (QED) is 0.833. The average molecular weight is 293 g/mol. The van der Waals surface area contributed by atoms with Gasteiger partial charge in [-0.1, -0.05) is 18.2 Å². The lowest BCUT2D eigenvalue weighted by atomic mass is 9.91. The standard InChI is InChI=1S/C14H16FN3O3/c1-14(9-6-4-5-7-10(9)15)12(20)18(13(21)16-14)8-11(19)17(2)3/h4-7H,8H2,1-3H3,(H,16,21)/t14-/m0/s1. The highest BCUT2D eigenvalue weighted by molar-refractivity contribution is 6.09. The third-order valence-corrected chi connectivity index (χ3v) is 3.48. The number of urea groups is 1. The molecular formula is C14H16FN3O3. The highest BCUT2D eigenvalue weighted by atomic mass is 19.1. The van der Waals surface area contributed by atoms with Gasteiger partial charge < -0.3 is 10.2 Å². The Kier molecular flexibility index (Phi) is 3.67. The fourth-order valence-corrected chi connectivity index (χ4v) is 2.17. The molecule has 112 valence electrons. The van der Waals surface area contributed by atoms with E-state index in [-0.39, 0.29) is 12.1 Å². The van der Waals surface area contributed by atoms with E-state index in [2.05, 4.69) is 5.32 Å². The van der Waals surface area contributed by atoms with Crippen LogP contribution in [0.25, 0.3) is 0 Å². The van der Waals surface area contributed by atoms with Crippen LogP contribution in [0, 0.1) is 5.82 Å². The van der Waals surface area contributed by atoms with E-state index in [0.717, 1.165) is 4.90 Å². The van der Waals surface area contributed by atoms with E-state index in [0.29, 0.717) is 0 Å². The van der Waals surface area contributed by atoms with E-state index in [1.165, 1.54) is 44.1 Å². The summed E-state index contributed by atoms with van der Waals surface area (Å²) in [5.41, 5.74) is -1.43. The molecule has 0 spiro atoms. The summed E-state index contributed by atoms with van der Waals surface area (Å²) in [6, 6.07) is 5.02. The summed E-state index contributed by atoms with van der Waals surface area (Å²) in [7, 11) is 3.05. The molecule has 21 heavy (non-hydrogen) atoms. The van der Waals surface area contributed by atoms with Gasteiger partial charge in [0.05, 0.1) is 0 Å². The van der Waals surface area contributed by atoms with E-state index in [9.17, 15) is 18.8 Å². The highest BCUT2D eigenvalue weighted by Crippen LogP contribution is 2.30. The molecular weight excluding hydrogens is 277 g/mol. The molecule has 2 rings (SSSR count). The van der Waals surface area contributed by atoms with Crippen molar-refractivity contribution in [2.75, 3.05) is 20.6 Å². The SMILES string of the molecule is CN(C)C(=O)CN1C(=O)N[C@@](C)(c2ccccc2F)C1=O. The normalized spacial score (nSPS) is 21.4. The summed E-state index contributed by atoms with van der Waals surface area (Å²) in [6.07, 6.45) is 0. The van der Waals surface area contributed by atoms with Gasteiger partial charge in [0, 0.05) is 19.7 Å². The number of hydrogen-bond donors (Lipinski definition) is 1. The fraction of sp³-hybridized carbons (Fsp3) is 0.357. The lowest BCUT2D eigenvalue weighted by Gasteiger charge is -2.23. The Morgan fingerprint density at radius 1 is 1.33 bits per heavy atom. The van der Waals surface area contributed by atoms with Crippen LogP contribution < -0.4 is 5.32 Å². The summed E-state index contributed by atoms with van der Waals surface area (Å²) in [4.78, 5) is 38.2. The molecule has 1 aliphatic heterocycles. The molecule has 0 unspecified atom stereocenters. The zero-order valence-corrected chi connectivity index (χ0v) is 12.0. The van der Waals surface area contributed by atoms with E-state index < -0.39 is 29.2 Å². The maximum atomic E-state index is 13.9. The van der Waals surface area contributed by atoms with Gasteiger partial charge in [-0.15, -0.1) is 0 Å². The van der Waals surface area contributed by atoms with Crippen molar-refractivity contribution in [3.05, 3.63) is 35.6 Å². The Morgan fingerprint density at radius 3 is 2.52 bits per heavy atom. The summed E-state index contributed by atoms with van der Waals surface area (Å²) < 4.78 is 13.9. The second-order valence-corrected chi connectivity index (χ2v) is 5.21. The van der Waals surface area contributed by atoms with Crippen LogP contribution in [0.4, 0.5) is 9.18 Å². The molecule has 1 heterocycles. The van der Waals surface area contributed by atoms with Crippen molar-refractivity contribution in [3.8, 4) is 0 Å². The number of hydrogen-bond acceptors (Lipinski definition) is 3. The van der Waals surface area contributed by atoms with E-state index in [1.54, 1.807) is 6.07 Å². The van der Waals surface area contributed by atoms with Crippen molar-refractivity contribution in [1.29, 1.82) is 0 Å². The van der Waals surface area contributed by atoms with Gasteiger partial charge in [0.2, 0.25) is 5.91 Å². The Hall–Kier alpha value is -2.44. The van der Waals surface area contributed by atoms with E-state index >= 15 is 0 Å². The monoisotopic (exact) mass is 293 g/mol. The van der Waals surface area contributed by atoms with Crippen molar-refractivity contribution in [1.82, 2.24) is 15.1 Å². The minimum Gasteiger partial charge on any atom is -0.347 e. The molecule has 0 saturated carbocycles. The molecule has 1 atom stereocenters. The van der Waals surface area contributed by atoms with Crippen molar-refractivity contribution >= 4 is 17.8 Å². The first kappa shape index (κ1) is 15.0. The minimum absolute atomic E-state index is 0.0724. The van der Waals surface area contributed by atoms with Crippen molar-refractivity contribution in [2.45, 2.75) is 12.5 Å². The van der Waals surface area contributed by atoms with Gasteiger partial charge in [0.1, 0.15) is 17.9 Å². The molecule has 7 heteroatoms. The van der Waals surface area contributed by atoms with Crippen LogP contribution in [-0.4, -0.2) is 48.3 Å². The lowest BCUT2D eigenvalue weighted by Crippen LogP contribution is -2.43. The molecule has 0 aliphatic carbocycles. The number of carbonyl (C=O) groups excluding carboxylic acids is 3. The zero-order chi connectivity index (χ0) is 15.8. The van der Waals surface area contributed by atoms with Gasteiger partial charge in [-0.05, 0) is 13.0 Å². The summed E-state index contributed by atoms with van der Waals surface area (Å²) in [6.45, 7) is 1.05. The smallest absolute Gasteiger partial charge is 0.325 e. The van der Waals surface area contributed by atoms with Crippen molar-refractivity contribution < 1.29 is 18.8 Å². The van der Waals surface area contributed by atoms with Crippen LogP contribution in [0.1, 0.15) is 12.5 Å². The maximum Gasteiger partial charge on any atom is 0.325 e. The molecule has 0 bridgehead atoms. The second kappa shape index (κ2) is 5.16. The Labute approximate surface area is 121 Å². The van der Waals surface area contributed by atoms with Crippen LogP contribution >= 0.6 is 0 Å². The predicted octanol–water partition coefficient (Wildman–Crippen LogP) is 0.681. The average Bonchev–Trinajstić information content (AvgIpc) is 2.63. The molecule has 1 saturated heterocycles. The molecule has 1 aromatic rings. The second-order valence-electron chi connectivity index (χ2n) is 5.21. The molecule has 1 aromatic carbocycles. The number of benzene rings is 1. The van der Waals surface area contributed by atoms with Gasteiger partial charge in [-0.2, -0.15) is 0 Å². The number of nitrogens with one attached hydrogen (secondary N) is 1. The number of carbonyl (C=O) groups is 3. The van der Waals surface area contributed by atoms with Gasteiger partial charge >= 0.3 is 6.03 Å². The number of nitrogens with zero attached hydrogens (tertiary/aromatic N) is 2. The van der Waals surface area contributed by atoms with Gasteiger partial charge in [0.15, 0.2) is 0 Å². The minimum atomic E-state index is -1.50. The zero-order valence-electron chi connectivity index (χ0n) is 12.0. The van der Waals surface area contributed by atoms with Crippen LogP contribution in [0.3, 0.4) is 0 Å². The third kappa shape index (κ3) is 2.46. The number of rotatable bonds is 3. The molecule has 0 radical (unpaired) electrons. The summed E-state index contributed by atoms with van der Waals surface area (Å²) in [5, 5.41) is 2.46. The number of imide groups is 1. The number of likely N-dealkylation sites (N-methyl/N-ethyl adjacent to an activating group) is 1. The number of halogens is 1. The summed E-state index contributed by atoms with van der Waals surface area (Å²) >= 11 is 0. The van der Waals surface area contributed by atoms with Crippen LogP contribution in [0.2, 0.25) is 0 Å². The molecule has 1 aliphatic rings. The van der Waals surface area contributed by atoms with E-state index in [1.807, 2.05) is 0 Å². The summed E-state index contributed by atoms with van der Waals surface area (Å²) in [5.74, 6) is -1.63. The van der Waals surface area contributed by atoms with Crippen LogP contribution in [-0.2, 0) is 15.1 Å². The first-order chi connectivity index (χ1) is 9.77. The highest BCUT2D eigenvalue weighted by Gasteiger charge is 2.50. The lowest BCUT2D eigenvalue weighted by molar-refractivity contribution is -0.137. The molecule has 1 N–H and O–H groups in total. The molecule has 6 nitrogen and oxygen atoms in total.